The Hall–Kier alpha value is -1.06. The van der Waals surface area contributed by atoms with Crippen molar-refractivity contribution in [3.05, 3.63) is 29.8 Å². The summed E-state index contributed by atoms with van der Waals surface area (Å²) >= 11 is 0. The molecule has 0 aliphatic carbocycles. The molecule has 2 atom stereocenters. The molecule has 0 bridgehead atoms. The maximum Gasteiger partial charge on any atom is 0.124 e. The van der Waals surface area contributed by atoms with E-state index in [1.807, 2.05) is 38.1 Å². The van der Waals surface area contributed by atoms with Crippen molar-refractivity contribution in [2.45, 2.75) is 51.4 Å². The van der Waals surface area contributed by atoms with Gasteiger partial charge in [0.15, 0.2) is 0 Å². The summed E-state index contributed by atoms with van der Waals surface area (Å²) in [6.45, 7) is 6.94. The fourth-order valence-corrected chi connectivity index (χ4v) is 2.47. The van der Waals surface area contributed by atoms with E-state index >= 15 is 0 Å². The van der Waals surface area contributed by atoms with Crippen molar-refractivity contribution in [2.24, 2.45) is 5.73 Å². The molecule has 1 aliphatic rings. The molecule has 1 fully saturated rings. The second-order valence-corrected chi connectivity index (χ2v) is 5.45. The number of para-hydroxylation sites is 1. The Morgan fingerprint density at radius 1 is 1.33 bits per heavy atom. The number of rotatable bonds is 4. The number of hydrogen-bond donors (Lipinski definition) is 1. The van der Waals surface area contributed by atoms with Crippen LogP contribution >= 0.6 is 0 Å². The first-order valence-electron chi connectivity index (χ1n) is 6.68. The standard InChI is InChI=1S/C15H23NO2/c1-11(2)18-13-8-5-4-7-12(13)14(16)15(3)9-6-10-17-15/h4-5,7-8,11,14H,6,9-10,16H2,1-3H3. The van der Waals surface area contributed by atoms with Crippen LogP contribution in [-0.2, 0) is 4.74 Å². The van der Waals surface area contributed by atoms with Gasteiger partial charge in [-0.3, -0.25) is 0 Å². The van der Waals surface area contributed by atoms with Crippen LogP contribution in [0.1, 0.15) is 45.2 Å². The third-order valence-electron chi connectivity index (χ3n) is 3.52. The molecule has 2 N–H and O–H groups in total. The molecule has 0 amide bonds. The number of nitrogens with two attached hydrogens (primary N) is 1. The quantitative estimate of drug-likeness (QED) is 0.892. The zero-order chi connectivity index (χ0) is 13.2. The van der Waals surface area contributed by atoms with E-state index in [1.165, 1.54) is 0 Å². The smallest absolute Gasteiger partial charge is 0.124 e. The third kappa shape index (κ3) is 2.68. The van der Waals surface area contributed by atoms with Crippen LogP contribution in [0.2, 0.25) is 0 Å². The van der Waals surface area contributed by atoms with Gasteiger partial charge in [-0.25, -0.2) is 0 Å². The van der Waals surface area contributed by atoms with Crippen LogP contribution in [-0.4, -0.2) is 18.3 Å². The topological polar surface area (TPSA) is 44.5 Å². The Kier molecular flexibility index (Phi) is 3.93. The maximum atomic E-state index is 6.41. The summed E-state index contributed by atoms with van der Waals surface area (Å²) in [5.74, 6) is 0.872. The predicted octanol–water partition coefficient (Wildman–Crippen LogP) is 3.04. The van der Waals surface area contributed by atoms with Crippen molar-refractivity contribution in [3.63, 3.8) is 0 Å². The van der Waals surface area contributed by atoms with E-state index in [9.17, 15) is 0 Å². The zero-order valence-corrected chi connectivity index (χ0v) is 11.5. The highest BCUT2D eigenvalue weighted by atomic mass is 16.5. The third-order valence-corrected chi connectivity index (χ3v) is 3.52. The lowest BCUT2D eigenvalue weighted by Crippen LogP contribution is -2.38. The lowest BCUT2D eigenvalue weighted by Gasteiger charge is -2.32. The summed E-state index contributed by atoms with van der Waals surface area (Å²) < 4.78 is 11.7. The van der Waals surface area contributed by atoms with Crippen molar-refractivity contribution in [1.82, 2.24) is 0 Å². The van der Waals surface area contributed by atoms with Crippen LogP contribution in [0.3, 0.4) is 0 Å². The monoisotopic (exact) mass is 249 g/mol. The van der Waals surface area contributed by atoms with Gasteiger partial charge in [-0.05, 0) is 39.7 Å². The zero-order valence-electron chi connectivity index (χ0n) is 11.5. The van der Waals surface area contributed by atoms with E-state index in [0.29, 0.717) is 0 Å². The van der Waals surface area contributed by atoms with Gasteiger partial charge in [0, 0.05) is 12.2 Å². The summed E-state index contributed by atoms with van der Waals surface area (Å²) in [7, 11) is 0. The Balaban J connectivity index is 2.26. The van der Waals surface area contributed by atoms with Crippen LogP contribution in [0.4, 0.5) is 0 Å². The van der Waals surface area contributed by atoms with Crippen molar-refractivity contribution in [1.29, 1.82) is 0 Å². The van der Waals surface area contributed by atoms with E-state index in [1.54, 1.807) is 0 Å². The molecule has 2 rings (SSSR count). The molecule has 0 radical (unpaired) electrons. The second kappa shape index (κ2) is 5.29. The van der Waals surface area contributed by atoms with Crippen molar-refractivity contribution >= 4 is 0 Å². The molecular weight excluding hydrogens is 226 g/mol. The van der Waals surface area contributed by atoms with Crippen molar-refractivity contribution < 1.29 is 9.47 Å². The average Bonchev–Trinajstić information content (AvgIpc) is 2.76. The Labute approximate surface area is 109 Å². The highest BCUT2D eigenvalue weighted by Crippen LogP contribution is 2.39. The molecule has 1 heterocycles. The van der Waals surface area contributed by atoms with Gasteiger partial charge >= 0.3 is 0 Å². The van der Waals surface area contributed by atoms with Crippen LogP contribution in [0.25, 0.3) is 0 Å². The Morgan fingerprint density at radius 3 is 2.67 bits per heavy atom. The van der Waals surface area contributed by atoms with E-state index < -0.39 is 0 Å². The molecule has 1 aromatic rings. The summed E-state index contributed by atoms with van der Waals surface area (Å²) in [4.78, 5) is 0. The van der Waals surface area contributed by atoms with Gasteiger partial charge in [-0.15, -0.1) is 0 Å². The second-order valence-electron chi connectivity index (χ2n) is 5.45. The summed E-state index contributed by atoms with van der Waals surface area (Å²) in [6, 6.07) is 7.85. The molecule has 100 valence electrons. The van der Waals surface area contributed by atoms with Gasteiger partial charge in [-0.1, -0.05) is 18.2 Å². The fraction of sp³-hybridized carbons (Fsp3) is 0.600. The van der Waals surface area contributed by atoms with Gasteiger partial charge in [0.25, 0.3) is 0 Å². The van der Waals surface area contributed by atoms with Gasteiger partial charge in [0.1, 0.15) is 5.75 Å². The van der Waals surface area contributed by atoms with E-state index in [4.69, 9.17) is 15.2 Å². The van der Waals surface area contributed by atoms with E-state index in [0.717, 1.165) is 30.8 Å². The van der Waals surface area contributed by atoms with Crippen LogP contribution in [0.15, 0.2) is 24.3 Å². The van der Waals surface area contributed by atoms with Crippen LogP contribution < -0.4 is 10.5 Å². The molecule has 18 heavy (non-hydrogen) atoms. The first-order chi connectivity index (χ1) is 8.53. The molecular formula is C15H23NO2. The number of hydrogen-bond acceptors (Lipinski definition) is 3. The molecule has 3 nitrogen and oxygen atoms in total. The normalized spacial score (nSPS) is 25.4. The molecule has 2 unspecified atom stereocenters. The first kappa shape index (κ1) is 13.4. The summed E-state index contributed by atoms with van der Waals surface area (Å²) in [6.07, 6.45) is 2.23. The fourth-order valence-electron chi connectivity index (χ4n) is 2.47. The lowest BCUT2D eigenvalue weighted by molar-refractivity contribution is -0.00258. The van der Waals surface area contributed by atoms with Gasteiger partial charge in [0.2, 0.25) is 0 Å². The number of benzene rings is 1. The van der Waals surface area contributed by atoms with Gasteiger partial charge in [-0.2, -0.15) is 0 Å². The Morgan fingerprint density at radius 2 is 2.06 bits per heavy atom. The molecule has 0 spiro atoms. The summed E-state index contributed by atoms with van der Waals surface area (Å²) in [5.41, 5.74) is 7.18. The van der Waals surface area contributed by atoms with Crippen molar-refractivity contribution in [2.75, 3.05) is 6.61 Å². The molecule has 0 saturated carbocycles. The molecule has 0 aromatic heterocycles. The first-order valence-corrected chi connectivity index (χ1v) is 6.68. The average molecular weight is 249 g/mol. The Bertz CT molecular complexity index is 397. The molecule has 1 aromatic carbocycles. The molecule has 1 saturated heterocycles. The SMILES string of the molecule is CC(C)Oc1ccccc1C(N)C1(C)CCCO1. The van der Waals surface area contributed by atoms with E-state index in [2.05, 4.69) is 6.92 Å². The minimum atomic E-state index is -0.267. The minimum absolute atomic E-state index is 0.144. The van der Waals surface area contributed by atoms with Crippen LogP contribution in [0.5, 0.6) is 5.75 Å². The van der Waals surface area contributed by atoms with Gasteiger partial charge < -0.3 is 15.2 Å². The highest BCUT2D eigenvalue weighted by Gasteiger charge is 2.38. The minimum Gasteiger partial charge on any atom is -0.491 e. The van der Waals surface area contributed by atoms with E-state index in [-0.39, 0.29) is 17.7 Å². The highest BCUT2D eigenvalue weighted by molar-refractivity contribution is 5.37. The van der Waals surface area contributed by atoms with Crippen molar-refractivity contribution in [3.8, 4) is 5.75 Å². The molecule has 1 aliphatic heterocycles. The molecule has 3 heteroatoms. The lowest BCUT2D eigenvalue weighted by atomic mass is 9.88. The maximum absolute atomic E-state index is 6.41. The van der Waals surface area contributed by atoms with Crippen LogP contribution in [0, 0.1) is 0 Å². The summed E-state index contributed by atoms with van der Waals surface area (Å²) in [5, 5.41) is 0. The number of ether oxygens (including phenoxy) is 2. The largest absolute Gasteiger partial charge is 0.491 e. The predicted molar refractivity (Wildman–Crippen MR) is 72.7 cm³/mol. The van der Waals surface area contributed by atoms with Gasteiger partial charge in [0.05, 0.1) is 17.7 Å².